The van der Waals surface area contributed by atoms with Crippen molar-refractivity contribution in [3.63, 3.8) is 0 Å². The molecule has 11 heteroatoms. The molecular formula is C27H22F2N6O2S. The molecule has 8 nitrogen and oxygen atoms in total. The highest BCUT2D eigenvalue weighted by atomic mass is 32.1. The third-order valence-corrected chi connectivity index (χ3v) is 7.45. The number of carbonyl (C=O) groups excluding carboxylic acids is 1. The second-order valence-electron chi connectivity index (χ2n) is 9.01. The standard InChI is InChI=1S/C27H22F2N6O2S/c28-19-7-6-16(10-21(36)22-12-30-15-38-22)24(29)18(19)11-20-17(4-3-8-31-20)25-26-27(33-13-32-25)35(14-34-26)23-5-1-2-9-37-23/h3-4,6-8,12-15,23H,1-2,5,9-11H2. The number of halogens is 2. The van der Waals surface area contributed by atoms with Gasteiger partial charge < -0.3 is 4.74 Å². The van der Waals surface area contributed by atoms with Crippen LogP contribution in [0.5, 0.6) is 0 Å². The molecular weight excluding hydrogens is 510 g/mol. The van der Waals surface area contributed by atoms with E-state index in [1.165, 1.54) is 41.5 Å². The first kappa shape index (κ1) is 24.4. The molecule has 0 amide bonds. The van der Waals surface area contributed by atoms with Gasteiger partial charge in [-0.2, -0.15) is 0 Å². The molecule has 5 heterocycles. The van der Waals surface area contributed by atoms with Gasteiger partial charge in [-0.1, -0.05) is 6.07 Å². The summed E-state index contributed by atoms with van der Waals surface area (Å²) >= 11 is 1.18. The van der Waals surface area contributed by atoms with Gasteiger partial charge in [0.05, 0.1) is 22.4 Å². The number of imidazole rings is 1. The number of thiazole rings is 1. The Morgan fingerprint density at radius 1 is 1.13 bits per heavy atom. The third-order valence-electron chi connectivity index (χ3n) is 6.64. The van der Waals surface area contributed by atoms with Crippen LogP contribution in [0.3, 0.4) is 0 Å². The van der Waals surface area contributed by atoms with Gasteiger partial charge in [0.25, 0.3) is 0 Å². The van der Waals surface area contributed by atoms with E-state index in [0.29, 0.717) is 39.6 Å². The Hall–Kier alpha value is -3.96. The van der Waals surface area contributed by atoms with E-state index in [1.807, 2.05) is 4.57 Å². The van der Waals surface area contributed by atoms with Crippen molar-refractivity contribution in [2.75, 3.05) is 6.61 Å². The zero-order valence-electron chi connectivity index (χ0n) is 20.2. The van der Waals surface area contributed by atoms with Gasteiger partial charge in [-0.15, -0.1) is 11.3 Å². The SMILES string of the molecule is O=C(Cc1ccc(F)c(Cc2ncccc2-c2ncnc3c2ncn3C2CCCCO2)c1F)c1cncs1. The van der Waals surface area contributed by atoms with Crippen LogP contribution in [0, 0.1) is 11.6 Å². The minimum atomic E-state index is -0.758. The van der Waals surface area contributed by atoms with E-state index in [0.717, 1.165) is 19.3 Å². The smallest absolute Gasteiger partial charge is 0.178 e. The molecule has 1 unspecified atom stereocenters. The van der Waals surface area contributed by atoms with Gasteiger partial charge >= 0.3 is 0 Å². The summed E-state index contributed by atoms with van der Waals surface area (Å²) in [5.41, 5.74) is 4.22. The van der Waals surface area contributed by atoms with Crippen molar-refractivity contribution in [3.8, 4) is 11.3 Å². The lowest BCUT2D eigenvalue weighted by molar-refractivity contribution is -0.0298. The van der Waals surface area contributed by atoms with E-state index in [1.54, 1.807) is 24.7 Å². The van der Waals surface area contributed by atoms with Crippen molar-refractivity contribution in [3.05, 3.63) is 88.2 Å². The lowest BCUT2D eigenvalue weighted by atomic mass is 9.98. The summed E-state index contributed by atoms with van der Waals surface area (Å²) in [6.07, 6.45) is 8.63. The highest BCUT2D eigenvalue weighted by Gasteiger charge is 2.23. The Kier molecular flexibility index (Phi) is 6.69. The topological polar surface area (TPSA) is 95.7 Å². The van der Waals surface area contributed by atoms with Crippen LogP contribution in [-0.4, -0.2) is 41.9 Å². The Bertz CT molecular complexity index is 1620. The van der Waals surface area contributed by atoms with Crippen LogP contribution < -0.4 is 0 Å². The number of carbonyl (C=O) groups is 1. The number of benzene rings is 1. The lowest BCUT2D eigenvalue weighted by Crippen LogP contribution is -2.17. The summed E-state index contributed by atoms with van der Waals surface area (Å²) in [6, 6.07) is 6.03. The molecule has 6 rings (SSSR count). The molecule has 0 spiro atoms. The number of Topliss-reactive ketones (excluding diaryl/α,β-unsaturated/α-hetero) is 1. The van der Waals surface area contributed by atoms with Crippen LogP contribution in [0.1, 0.15) is 52.0 Å². The summed E-state index contributed by atoms with van der Waals surface area (Å²) in [5, 5.41) is 0. The molecule has 4 aromatic heterocycles. The quantitative estimate of drug-likeness (QED) is 0.261. The van der Waals surface area contributed by atoms with Crippen LogP contribution in [-0.2, 0) is 17.6 Å². The predicted octanol–water partition coefficient (Wildman–Crippen LogP) is 5.34. The zero-order valence-corrected chi connectivity index (χ0v) is 21.0. The second kappa shape index (κ2) is 10.4. The highest BCUT2D eigenvalue weighted by molar-refractivity contribution is 7.11. The lowest BCUT2D eigenvalue weighted by Gasteiger charge is -2.23. The van der Waals surface area contributed by atoms with E-state index in [4.69, 9.17) is 4.74 Å². The van der Waals surface area contributed by atoms with Gasteiger partial charge in [0, 0.05) is 43.0 Å². The first-order chi connectivity index (χ1) is 18.6. The van der Waals surface area contributed by atoms with Crippen LogP contribution in [0.2, 0.25) is 0 Å². The summed E-state index contributed by atoms with van der Waals surface area (Å²) in [6.45, 7) is 0.682. The van der Waals surface area contributed by atoms with Crippen LogP contribution in [0.4, 0.5) is 8.78 Å². The number of aromatic nitrogens is 6. The molecule has 0 aliphatic carbocycles. The molecule has 0 saturated carbocycles. The van der Waals surface area contributed by atoms with Crippen LogP contribution in [0.25, 0.3) is 22.4 Å². The molecule has 38 heavy (non-hydrogen) atoms. The molecule has 1 aliphatic rings. The number of fused-ring (bicyclic) bond motifs is 1. The van der Waals surface area contributed by atoms with E-state index < -0.39 is 11.6 Å². The number of ketones is 1. The fourth-order valence-corrected chi connectivity index (χ4v) is 5.28. The Balaban J connectivity index is 1.36. The maximum Gasteiger partial charge on any atom is 0.178 e. The van der Waals surface area contributed by atoms with E-state index in [9.17, 15) is 9.18 Å². The predicted molar refractivity (Wildman–Crippen MR) is 137 cm³/mol. The van der Waals surface area contributed by atoms with Crippen molar-refractivity contribution in [2.45, 2.75) is 38.3 Å². The van der Waals surface area contributed by atoms with Crippen molar-refractivity contribution < 1.29 is 18.3 Å². The van der Waals surface area contributed by atoms with Gasteiger partial charge in [-0.25, -0.2) is 23.7 Å². The van der Waals surface area contributed by atoms with Crippen molar-refractivity contribution in [1.29, 1.82) is 0 Å². The molecule has 0 radical (unpaired) electrons. The molecule has 192 valence electrons. The first-order valence-corrected chi connectivity index (χ1v) is 13.1. The number of hydrogen-bond acceptors (Lipinski definition) is 8. The summed E-state index contributed by atoms with van der Waals surface area (Å²) < 4.78 is 38.2. The van der Waals surface area contributed by atoms with Crippen molar-refractivity contribution in [2.24, 2.45) is 0 Å². The average Bonchev–Trinajstić information content (AvgIpc) is 3.64. The average molecular weight is 533 g/mol. The fourth-order valence-electron chi connectivity index (χ4n) is 4.72. The minimum Gasteiger partial charge on any atom is -0.358 e. The number of nitrogens with zero attached hydrogens (tertiary/aromatic N) is 6. The molecule has 1 saturated heterocycles. The van der Waals surface area contributed by atoms with Gasteiger partial charge in [0.2, 0.25) is 0 Å². The normalized spacial score (nSPS) is 15.7. The number of rotatable bonds is 7. The number of ether oxygens (including phenoxy) is 1. The molecule has 1 fully saturated rings. The minimum absolute atomic E-state index is 0.118. The maximum absolute atomic E-state index is 15.5. The van der Waals surface area contributed by atoms with Crippen LogP contribution >= 0.6 is 11.3 Å². The fraction of sp³-hybridized carbons (Fsp3) is 0.259. The van der Waals surface area contributed by atoms with E-state index in [-0.39, 0.29) is 36.0 Å². The third kappa shape index (κ3) is 4.59. The number of pyridine rings is 1. The summed E-state index contributed by atoms with van der Waals surface area (Å²) in [5.74, 6) is -1.74. The Morgan fingerprint density at radius 3 is 2.87 bits per heavy atom. The first-order valence-electron chi connectivity index (χ1n) is 12.2. The summed E-state index contributed by atoms with van der Waals surface area (Å²) in [4.78, 5) is 34.8. The molecule has 1 aromatic carbocycles. The van der Waals surface area contributed by atoms with E-state index in [2.05, 4.69) is 24.9 Å². The monoisotopic (exact) mass is 532 g/mol. The Labute approximate surface area is 220 Å². The second-order valence-corrected chi connectivity index (χ2v) is 9.89. The maximum atomic E-state index is 15.5. The highest BCUT2D eigenvalue weighted by Crippen LogP contribution is 2.32. The van der Waals surface area contributed by atoms with Gasteiger partial charge in [0.1, 0.15) is 35.4 Å². The molecule has 1 aliphatic heterocycles. The van der Waals surface area contributed by atoms with Gasteiger partial charge in [0.15, 0.2) is 11.4 Å². The molecule has 0 bridgehead atoms. The molecule has 1 atom stereocenters. The van der Waals surface area contributed by atoms with Gasteiger partial charge in [-0.3, -0.25) is 19.3 Å². The molecule has 5 aromatic rings. The summed E-state index contributed by atoms with van der Waals surface area (Å²) in [7, 11) is 0. The van der Waals surface area contributed by atoms with E-state index >= 15 is 4.39 Å². The van der Waals surface area contributed by atoms with Crippen molar-refractivity contribution in [1.82, 2.24) is 29.5 Å². The van der Waals surface area contributed by atoms with Gasteiger partial charge in [-0.05, 0) is 43.0 Å². The number of hydrogen-bond donors (Lipinski definition) is 0. The molecule has 0 N–H and O–H groups in total. The Morgan fingerprint density at radius 2 is 2.05 bits per heavy atom. The van der Waals surface area contributed by atoms with Crippen molar-refractivity contribution >= 4 is 28.3 Å². The zero-order chi connectivity index (χ0) is 26.1. The van der Waals surface area contributed by atoms with Crippen LogP contribution in [0.15, 0.2) is 54.8 Å². The largest absolute Gasteiger partial charge is 0.358 e.